The predicted octanol–water partition coefficient (Wildman–Crippen LogP) is 5.04. The van der Waals surface area contributed by atoms with Crippen molar-refractivity contribution in [2.75, 3.05) is 0 Å². The molecular formula is C15H15Br. The third-order valence-electron chi connectivity index (χ3n) is 2.98. The first-order valence-electron chi connectivity index (χ1n) is 5.42. The first-order chi connectivity index (χ1) is 7.58. The number of rotatable bonds is 1. The lowest BCUT2D eigenvalue weighted by Crippen LogP contribution is -1.88. The summed E-state index contributed by atoms with van der Waals surface area (Å²) in [6.07, 6.45) is 0. The fourth-order valence-electron chi connectivity index (χ4n) is 1.93. The van der Waals surface area contributed by atoms with E-state index in [9.17, 15) is 0 Å². The highest BCUT2D eigenvalue weighted by atomic mass is 79.9. The van der Waals surface area contributed by atoms with Crippen LogP contribution in [-0.2, 0) is 0 Å². The van der Waals surface area contributed by atoms with Crippen LogP contribution >= 0.6 is 15.9 Å². The van der Waals surface area contributed by atoms with Gasteiger partial charge in [0.1, 0.15) is 0 Å². The van der Waals surface area contributed by atoms with Crippen LogP contribution in [0.4, 0.5) is 0 Å². The Labute approximate surface area is 105 Å². The fourth-order valence-corrected chi connectivity index (χ4v) is 2.33. The van der Waals surface area contributed by atoms with Crippen LogP contribution in [0.1, 0.15) is 16.7 Å². The van der Waals surface area contributed by atoms with E-state index >= 15 is 0 Å². The second-order valence-corrected chi connectivity index (χ2v) is 5.18. The summed E-state index contributed by atoms with van der Waals surface area (Å²) < 4.78 is 1.13. The number of halogens is 1. The van der Waals surface area contributed by atoms with Crippen molar-refractivity contribution in [3.63, 3.8) is 0 Å². The van der Waals surface area contributed by atoms with Gasteiger partial charge in [0.25, 0.3) is 0 Å². The van der Waals surface area contributed by atoms with E-state index in [0.29, 0.717) is 0 Å². The highest BCUT2D eigenvalue weighted by Crippen LogP contribution is 2.28. The number of benzene rings is 2. The standard InChI is InChI=1S/C15H15Br/c1-10-7-12(3)15(8-11(10)2)13-5-4-6-14(16)9-13/h4-9H,1-3H3. The Hall–Kier alpha value is -1.08. The van der Waals surface area contributed by atoms with Gasteiger partial charge in [-0.3, -0.25) is 0 Å². The molecule has 0 aliphatic carbocycles. The molecule has 0 bridgehead atoms. The zero-order valence-corrected chi connectivity index (χ0v) is 11.4. The monoisotopic (exact) mass is 274 g/mol. The van der Waals surface area contributed by atoms with E-state index in [0.717, 1.165) is 4.47 Å². The van der Waals surface area contributed by atoms with E-state index < -0.39 is 0 Å². The van der Waals surface area contributed by atoms with Crippen LogP contribution in [0.3, 0.4) is 0 Å². The van der Waals surface area contributed by atoms with Gasteiger partial charge in [0, 0.05) is 4.47 Å². The van der Waals surface area contributed by atoms with Gasteiger partial charge in [0.15, 0.2) is 0 Å². The summed E-state index contributed by atoms with van der Waals surface area (Å²) in [7, 11) is 0. The highest BCUT2D eigenvalue weighted by Gasteiger charge is 2.04. The second-order valence-electron chi connectivity index (χ2n) is 4.26. The van der Waals surface area contributed by atoms with Gasteiger partial charge in [0.2, 0.25) is 0 Å². The van der Waals surface area contributed by atoms with Crippen LogP contribution in [-0.4, -0.2) is 0 Å². The molecule has 0 nitrogen and oxygen atoms in total. The number of hydrogen-bond acceptors (Lipinski definition) is 0. The molecule has 2 aromatic rings. The predicted molar refractivity (Wildman–Crippen MR) is 73.8 cm³/mol. The molecule has 0 aromatic heterocycles. The lowest BCUT2D eigenvalue weighted by Gasteiger charge is -2.10. The first kappa shape index (κ1) is 11.4. The molecule has 0 heterocycles. The molecule has 82 valence electrons. The lowest BCUT2D eigenvalue weighted by atomic mass is 9.96. The maximum absolute atomic E-state index is 3.52. The minimum atomic E-state index is 1.13. The van der Waals surface area contributed by atoms with Crippen LogP contribution in [0.2, 0.25) is 0 Å². The van der Waals surface area contributed by atoms with Crippen molar-refractivity contribution < 1.29 is 0 Å². The highest BCUT2D eigenvalue weighted by molar-refractivity contribution is 9.10. The summed E-state index contributed by atoms with van der Waals surface area (Å²) in [5.74, 6) is 0. The van der Waals surface area contributed by atoms with Crippen molar-refractivity contribution in [1.29, 1.82) is 0 Å². The summed E-state index contributed by atoms with van der Waals surface area (Å²) in [4.78, 5) is 0. The normalized spacial score (nSPS) is 10.5. The summed E-state index contributed by atoms with van der Waals surface area (Å²) >= 11 is 3.52. The molecule has 0 unspecified atom stereocenters. The molecule has 0 aliphatic heterocycles. The van der Waals surface area contributed by atoms with Crippen LogP contribution in [0.25, 0.3) is 11.1 Å². The molecule has 0 amide bonds. The Morgan fingerprint density at radius 2 is 1.50 bits per heavy atom. The van der Waals surface area contributed by atoms with E-state index in [1.54, 1.807) is 0 Å². The van der Waals surface area contributed by atoms with Crippen molar-refractivity contribution in [2.45, 2.75) is 20.8 Å². The smallest absolute Gasteiger partial charge is 0.0181 e. The molecule has 0 N–H and O–H groups in total. The van der Waals surface area contributed by atoms with Crippen molar-refractivity contribution in [2.24, 2.45) is 0 Å². The first-order valence-corrected chi connectivity index (χ1v) is 6.21. The molecule has 0 radical (unpaired) electrons. The van der Waals surface area contributed by atoms with E-state index in [1.165, 1.54) is 27.8 Å². The van der Waals surface area contributed by atoms with Crippen LogP contribution in [0.15, 0.2) is 40.9 Å². The largest absolute Gasteiger partial charge is 0.0605 e. The minimum absolute atomic E-state index is 1.13. The molecule has 2 aromatic carbocycles. The molecule has 2 rings (SSSR count). The minimum Gasteiger partial charge on any atom is -0.0605 e. The van der Waals surface area contributed by atoms with Gasteiger partial charge in [-0.05, 0) is 60.7 Å². The summed E-state index contributed by atoms with van der Waals surface area (Å²) in [5, 5.41) is 0. The van der Waals surface area contributed by atoms with Crippen molar-refractivity contribution in [3.05, 3.63) is 57.6 Å². The van der Waals surface area contributed by atoms with Gasteiger partial charge in [-0.25, -0.2) is 0 Å². The average Bonchev–Trinajstić information content (AvgIpc) is 2.23. The van der Waals surface area contributed by atoms with Gasteiger partial charge in [0.05, 0.1) is 0 Å². The SMILES string of the molecule is Cc1cc(C)c(-c2cccc(Br)c2)cc1C. The molecule has 0 fully saturated rings. The quantitative estimate of drug-likeness (QED) is 0.683. The Bertz CT molecular complexity index is 527. The average molecular weight is 275 g/mol. The zero-order chi connectivity index (χ0) is 11.7. The Morgan fingerprint density at radius 3 is 2.19 bits per heavy atom. The Kier molecular flexibility index (Phi) is 3.15. The van der Waals surface area contributed by atoms with Gasteiger partial charge >= 0.3 is 0 Å². The van der Waals surface area contributed by atoms with E-state index in [2.05, 4.69) is 73.1 Å². The molecule has 0 saturated carbocycles. The van der Waals surface area contributed by atoms with Gasteiger partial charge < -0.3 is 0 Å². The maximum Gasteiger partial charge on any atom is 0.0181 e. The summed E-state index contributed by atoms with van der Waals surface area (Å²) in [6, 6.07) is 13.0. The van der Waals surface area contributed by atoms with E-state index in [-0.39, 0.29) is 0 Å². The Balaban J connectivity index is 2.60. The molecule has 0 atom stereocenters. The fraction of sp³-hybridized carbons (Fsp3) is 0.200. The Morgan fingerprint density at radius 1 is 0.812 bits per heavy atom. The lowest BCUT2D eigenvalue weighted by molar-refractivity contribution is 1.30. The van der Waals surface area contributed by atoms with Gasteiger partial charge in [-0.1, -0.05) is 40.2 Å². The van der Waals surface area contributed by atoms with Crippen LogP contribution in [0, 0.1) is 20.8 Å². The molecule has 0 saturated heterocycles. The number of hydrogen-bond donors (Lipinski definition) is 0. The molecule has 0 spiro atoms. The van der Waals surface area contributed by atoms with E-state index in [4.69, 9.17) is 0 Å². The van der Waals surface area contributed by atoms with Crippen molar-refractivity contribution in [3.8, 4) is 11.1 Å². The summed E-state index contributed by atoms with van der Waals surface area (Å²) in [6.45, 7) is 6.49. The van der Waals surface area contributed by atoms with Crippen LogP contribution in [0.5, 0.6) is 0 Å². The molecule has 0 aliphatic rings. The van der Waals surface area contributed by atoms with Crippen molar-refractivity contribution >= 4 is 15.9 Å². The zero-order valence-electron chi connectivity index (χ0n) is 9.84. The van der Waals surface area contributed by atoms with Gasteiger partial charge in [-0.15, -0.1) is 0 Å². The topological polar surface area (TPSA) is 0 Å². The third kappa shape index (κ3) is 2.19. The molecule has 16 heavy (non-hydrogen) atoms. The van der Waals surface area contributed by atoms with E-state index in [1.807, 2.05) is 0 Å². The third-order valence-corrected chi connectivity index (χ3v) is 3.47. The van der Waals surface area contributed by atoms with Crippen LogP contribution < -0.4 is 0 Å². The van der Waals surface area contributed by atoms with Crippen molar-refractivity contribution in [1.82, 2.24) is 0 Å². The second kappa shape index (κ2) is 4.42. The maximum atomic E-state index is 3.52. The van der Waals surface area contributed by atoms with Gasteiger partial charge in [-0.2, -0.15) is 0 Å². The molecular weight excluding hydrogens is 260 g/mol. The molecule has 1 heteroatoms. The number of aryl methyl sites for hydroxylation is 3. The summed E-state index contributed by atoms with van der Waals surface area (Å²) in [5.41, 5.74) is 6.64.